The molecule has 1 unspecified atom stereocenters. The Morgan fingerprint density at radius 3 is 2.72 bits per heavy atom. The number of pyridine rings is 1. The Bertz CT molecular complexity index is 1250. The Morgan fingerprint density at radius 1 is 1.16 bits per heavy atom. The van der Waals surface area contributed by atoms with Crippen molar-refractivity contribution in [1.82, 2.24) is 10.3 Å². The third-order valence-corrected chi connectivity index (χ3v) is 6.00. The molecule has 1 aromatic heterocycles. The van der Waals surface area contributed by atoms with Gasteiger partial charge in [-0.1, -0.05) is 35.3 Å². The number of amides is 3. The van der Waals surface area contributed by atoms with Gasteiger partial charge in [-0.2, -0.15) is 0 Å². The number of anilines is 1. The van der Waals surface area contributed by atoms with E-state index < -0.39 is 12.0 Å². The van der Waals surface area contributed by atoms with E-state index in [1.165, 1.54) is 6.07 Å². The minimum atomic E-state index is -0.624. The van der Waals surface area contributed by atoms with Gasteiger partial charge in [0.2, 0.25) is 11.8 Å². The van der Waals surface area contributed by atoms with Crippen molar-refractivity contribution in [2.45, 2.75) is 32.3 Å². The van der Waals surface area contributed by atoms with Crippen LogP contribution in [-0.4, -0.2) is 22.9 Å². The second kappa shape index (κ2) is 9.14. The number of halogens is 2. The maximum Gasteiger partial charge on any atom is 0.411 e. The fraction of sp³-hybridized carbons (Fsp3) is 0.217. The number of piperidine rings is 1. The molecule has 2 N–H and O–H groups in total. The summed E-state index contributed by atoms with van der Waals surface area (Å²) in [5.41, 5.74) is 3.50. The van der Waals surface area contributed by atoms with E-state index in [4.69, 9.17) is 27.9 Å². The summed E-state index contributed by atoms with van der Waals surface area (Å²) >= 11 is 11.8. The summed E-state index contributed by atoms with van der Waals surface area (Å²) < 4.78 is 5.29. The molecule has 7 nitrogen and oxygen atoms in total. The fourth-order valence-corrected chi connectivity index (χ4v) is 3.93. The highest BCUT2D eigenvalue weighted by molar-refractivity contribution is 6.42. The van der Waals surface area contributed by atoms with Crippen molar-refractivity contribution < 1.29 is 19.1 Å². The molecular weight excluding hydrogens is 453 g/mol. The zero-order chi connectivity index (χ0) is 22.8. The number of hydrogen-bond donors (Lipinski definition) is 2. The molecule has 1 atom stereocenters. The molecule has 1 aliphatic heterocycles. The van der Waals surface area contributed by atoms with Crippen LogP contribution in [0.4, 0.5) is 10.5 Å². The summed E-state index contributed by atoms with van der Waals surface area (Å²) in [6.45, 7) is 1.89. The highest BCUT2D eigenvalue weighted by Crippen LogP contribution is 2.30. The number of fused-ring (bicyclic) bond motifs is 1. The van der Waals surface area contributed by atoms with Crippen molar-refractivity contribution in [1.29, 1.82) is 0 Å². The maximum atomic E-state index is 12.2. The average Bonchev–Trinajstić information content (AvgIpc) is 2.75. The first-order valence-corrected chi connectivity index (χ1v) is 10.7. The first-order valence-electron chi connectivity index (χ1n) is 9.93. The molecule has 0 saturated carbocycles. The van der Waals surface area contributed by atoms with Gasteiger partial charge in [0.05, 0.1) is 21.5 Å². The van der Waals surface area contributed by atoms with Crippen molar-refractivity contribution in [3.05, 3.63) is 69.3 Å². The van der Waals surface area contributed by atoms with Crippen molar-refractivity contribution in [2.75, 3.05) is 5.32 Å². The van der Waals surface area contributed by atoms with E-state index >= 15 is 0 Å². The predicted octanol–water partition coefficient (Wildman–Crippen LogP) is 5.12. The van der Waals surface area contributed by atoms with Crippen LogP contribution >= 0.6 is 23.2 Å². The monoisotopic (exact) mass is 471 g/mol. The van der Waals surface area contributed by atoms with Gasteiger partial charge in [0.15, 0.2) is 0 Å². The Hall–Kier alpha value is -3.16. The summed E-state index contributed by atoms with van der Waals surface area (Å²) in [5, 5.41) is 6.57. The van der Waals surface area contributed by atoms with Gasteiger partial charge in [0.1, 0.15) is 6.61 Å². The van der Waals surface area contributed by atoms with E-state index in [-0.39, 0.29) is 18.4 Å². The summed E-state index contributed by atoms with van der Waals surface area (Å²) in [5.74, 6) is -0.924. The quantitative estimate of drug-likeness (QED) is 0.514. The van der Waals surface area contributed by atoms with Gasteiger partial charge in [-0.15, -0.1) is 0 Å². The predicted molar refractivity (Wildman–Crippen MR) is 122 cm³/mol. The average molecular weight is 472 g/mol. The second-order valence-electron chi connectivity index (χ2n) is 7.52. The number of aromatic nitrogens is 1. The summed E-state index contributed by atoms with van der Waals surface area (Å²) in [6, 6.07) is 12.2. The smallest absolute Gasteiger partial charge is 0.411 e. The van der Waals surface area contributed by atoms with Gasteiger partial charge in [-0.05, 0) is 54.8 Å². The van der Waals surface area contributed by atoms with Gasteiger partial charge < -0.3 is 4.74 Å². The standard InChI is InChI=1S/C23H19Cl2N3O4/c1-12-17(16-5-7-21(29)28-22(16)30)9-14-3-2-13(8-20(14)26-12)11-32-23(31)27-15-4-6-18(24)19(25)10-15/h2-4,6,8-10,16H,5,7,11H2,1H3,(H,27,31)(H,28,29,30). The van der Waals surface area contributed by atoms with Crippen molar-refractivity contribution in [3.8, 4) is 0 Å². The Labute approximate surface area is 194 Å². The van der Waals surface area contributed by atoms with E-state index in [9.17, 15) is 14.4 Å². The number of carbonyl (C=O) groups excluding carboxylic acids is 3. The highest BCUT2D eigenvalue weighted by atomic mass is 35.5. The lowest BCUT2D eigenvalue weighted by Crippen LogP contribution is -2.39. The number of benzene rings is 2. The molecule has 0 radical (unpaired) electrons. The molecule has 2 aromatic carbocycles. The first-order chi connectivity index (χ1) is 15.3. The lowest BCUT2D eigenvalue weighted by atomic mass is 9.89. The van der Waals surface area contributed by atoms with Crippen LogP contribution in [-0.2, 0) is 20.9 Å². The van der Waals surface area contributed by atoms with Crippen LogP contribution in [0.1, 0.15) is 35.6 Å². The largest absolute Gasteiger partial charge is 0.444 e. The summed E-state index contributed by atoms with van der Waals surface area (Å²) in [4.78, 5) is 40.4. The first kappa shape index (κ1) is 22.0. The molecule has 9 heteroatoms. The molecule has 164 valence electrons. The number of nitrogens with zero attached hydrogens (tertiary/aromatic N) is 1. The van der Waals surface area contributed by atoms with Gasteiger partial charge in [-0.25, -0.2) is 4.79 Å². The molecule has 1 saturated heterocycles. The lowest BCUT2D eigenvalue weighted by Gasteiger charge is -2.22. The van der Waals surface area contributed by atoms with Crippen LogP contribution in [0.25, 0.3) is 10.9 Å². The van der Waals surface area contributed by atoms with E-state index in [2.05, 4.69) is 15.6 Å². The van der Waals surface area contributed by atoms with Crippen molar-refractivity contribution in [2.24, 2.45) is 0 Å². The minimum absolute atomic E-state index is 0.0543. The molecule has 0 spiro atoms. The Morgan fingerprint density at radius 2 is 1.97 bits per heavy atom. The number of aryl methyl sites for hydroxylation is 1. The zero-order valence-electron chi connectivity index (χ0n) is 17.1. The fourth-order valence-electron chi connectivity index (χ4n) is 3.63. The van der Waals surface area contributed by atoms with Gasteiger partial charge in [-0.3, -0.25) is 25.2 Å². The van der Waals surface area contributed by atoms with Gasteiger partial charge in [0, 0.05) is 23.2 Å². The van der Waals surface area contributed by atoms with Gasteiger partial charge >= 0.3 is 6.09 Å². The van der Waals surface area contributed by atoms with E-state index in [1.807, 2.05) is 31.2 Å². The third kappa shape index (κ3) is 4.84. The van der Waals surface area contributed by atoms with Crippen LogP contribution in [0.2, 0.25) is 10.0 Å². The number of ether oxygens (including phenoxy) is 1. The van der Waals surface area contributed by atoms with Gasteiger partial charge in [0.25, 0.3) is 0 Å². The lowest BCUT2D eigenvalue weighted by molar-refractivity contribution is -0.134. The van der Waals surface area contributed by atoms with Crippen LogP contribution in [0.5, 0.6) is 0 Å². The Balaban J connectivity index is 1.45. The topological polar surface area (TPSA) is 97.4 Å². The summed E-state index contributed by atoms with van der Waals surface area (Å²) in [6.07, 6.45) is 0.161. The van der Waals surface area contributed by atoms with Crippen LogP contribution < -0.4 is 10.6 Å². The molecule has 1 fully saturated rings. The molecule has 2 heterocycles. The van der Waals surface area contributed by atoms with Crippen LogP contribution in [0.3, 0.4) is 0 Å². The number of carbonyl (C=O) groups is 3. The SMILES string of the molecule is Cc1nc2cc(COC(=O)Nc3ccc(Cl)c(Cl)c3)ccc2cc1C1CCC(=O)NC1=O. The third-order valence-electron chi connectivity index (χ3n) is 5.26. The number of hydrogen-bond acceptors (Lipinski definition) is 5. The van der Waals surface area contributed by atoms with E-state index in [1.54, 1.807) is 12.1 Å². The molecule has 3 amide bonds. The Kier molecular flexibility index (Phi) is 6.30. The highest BCUT2D eigenvalue weighted by Gasteiger charge is 2.29. The van der Waals surface area contributed by atoms with Crippen molar-refractivity contribution >= 4 is 57.7 Å². The van der Waals surface area contributed by atoms with Crippen molar-refractivity contribution in [3.63, 3.8) is 0 Å². The molecule has 0 bridgehead atoms. The van der Waals surface area contributed by atoms with E-state index in [0.29, 0.717) is 28.6 Å². The minimum Gasteiger partial charge on any atom is -0.444 e. The molecular formula is C23H19Cl2N3O4. The number of imide groups is 1. The van der Waals surface area contributed by atoms with Crippen LogP contribution in [0, 0.1) is 6.92 Å². The van der Waals surface area contributed by atoms with E-state index in [0.717, 1.165) is 27.7 Å². The number of nitrogens with one attached hydrogen (secondary N) is 2. The normalized spacial score (nSPS) is 16.0. The maximum absolute atomic E-state index is 12.2. The second-order valence-corrected chi connectivity index (χ2v) is 8.34. The molecule has 4 rings (SSSR count). The molecule has 3 aromatic rings. The molecule has 1 aliphatic rings. The van der Waals surface area contributed by atoms with Crippen LogP contribution in [0.15, 0.2) is 42.5 Å². The zero-order valence-corrected chi connectivity index (χ0v) is 18.6. The molecule has 0 aliphatic carbocycles. The summed E-state index contributed by atoms with van der Waals surface area (Å²) in [7, 11) is 0. The molecule has 32 heavy (non-hydrogen) atoms. The number of rotatable bonds is 4.